The van der Waals surface area contributed by atoms with E-state index >= 15 is 0 Å². The molecule has 0 amide bonds. The maximum atomic E-state index is 4.56. The van der Waals surface area contributed by atoms with E-state index in [1.54, 1.807) is 12.4 Å². The van der Waals surface area contributed by atoms with Crippen LogP contribution in [0.1, 0.15) is 11.4 Å². The lowest BCUT2D eigenvalue weighted by Gasteiger charge is -2.10. The number of aryl methyl sites for hydroxylation is 2. The van der Waals surface area contributed by atoms with Crippen molar-refractivity contribution in [3.05, 3.63) is 35.9 Å². The highest BCUT2D eigenvalue weighted by Gasteiger charge is 2.09. The van der Waals surface area contributed by atoms with Crippen LogP contribution in [0.4, 0.5) is 5.82 Å². The largest absolute Gasteiger partial charge is 0.371 e. The van der Waals surface area contributed by atoms with Crippen molar-refractivity contribution in [2.24, 2.45) is 0 Å². The lowest BCUT2D eigenvalue weighted by Crippen LogP contribution is -2.02. The Bertz CT molecular complexity index is 494. The van der Waals surface area contributed by atoms with Gasteiger partial charge in [-0.25, -0.2) is 9.97 Å². The van der Waals surface area contributed by atoms with Crippen molar-refractivity contribution in [2.45, 2.75) is 13.8 Å². The molecule has 0 unspecified atom stereocenters. The normalized spacial score (nSPS) is 10.2. The number of pyridine rings is 1. The summed E-state index contributed by atoms with van der Waals surface area (Å²) in [7, 11) is 1.85. The van der Waals surface area contributed by atoms with Crippen LogP contribution < -0.4 is 5.32 Å². The van der Waals surface area contributed by atoms with Crippen LogP contribution in [0.25, 0.3) is 11.3 Å². The van der Waals surface area contributed by atoms with E-state index in [2.05, 4.69) is 20.3 Å². The van der Waals surface area contributed by atoms with Gasteiger partial charge in [0.1, 0.15) is 5.69 Å². The smallest absolute Gasteiger partial charge is 0.152 e. The minimum Gasteiger partial charge on any atom is -0.371 e. The van der Waals surface area contributed by atoms with Crippen molar-refractivity contribution in [1.29, 1.82) is 0 Å². The average molecular weight is 214 g/mol. The van der Waals surface area contributed by atoms with Crippen LogP contribution in [0.5, 0.6) is 0 Å². The molecule has 0 aliphatic carbocycles. The monoisotopic (exact) mass is 214 g/mol. The molecule has 4 nitrogen and oxygen atoms in total. The molecule has 0 aliphatic rings. The number of nitrogens with zero attached hydrogens (tertiary/aromatic N) is 3. The van der Waals surface area contributed by atoms with Gasteiger partial charge in [-0.05, 0) is 26.0 Å². The number of aromatic nitrogens is 3. The molecule has 0 saturated heterocycles. The summed E-state index contributed by atoms with van der Waals surface area (Å²) in [6, 6.07) is 3.86. The molecule has 2 rings (SSSR count). The quantitative estimate of drug-likeness (QED) is 0.832. The van der Waals surface area contributed by atoms with Crippen LogP contribution in [0.2, 0.25) is 0 Å². The molecule has 0 aromatic carbocycles. The summed E-state index contributed by atoms with van der Waals surface area (Å²) in [5.74, 6) is 0.800. The van der Waals surface area contributed by atoms with Gasteiger partial charge in [-0.3, -0.25) is 4.98 Å². The van der Waals surface area contributed by atoms with Crippen molar-refractivity contribution >= 4 is 5.82 Å². The molecular formula is C12H14N4. The zero-order chi connectivity index (χ0) is 11.5. The first-order valence-electron chi connectivity index (χ1n) is 5.15. The standard InChI is InChI=1S/C12H14N4/c1-8-9(2)16-12(13-3)11(15-8)10-4-6-14-7-5-10/h4-7H,1-3H3,(H,13,16). The minimum atomic E-state index is 0.800. The zero-order valence-electron chi connectivity index (χ0n) is 9.65. The summed E-state index contributed by atoms with van der Waals surface area (Å²) in [5, 5.41) is 3.07. The van der Waals surface area contributed by atoms with Crippen molar-refractivity contribution in [2.75, 3.05) is 12.4 Å². The van der Waals surface area contributed by atoms with Crippen molar-refractivity contribution in [3.63, 3.8) is 0 Å². The predicted octanol–water partition coefficient (Wildman–Crippen LogP) is 2.20. The first-order valence-corrected chi connectivity index (χ1v) is 5.15. The third-order valence-corrected chi connectivity index (χ3v) is 2.50. The molecule has 0 atom stereocenters. The molecule has 0 saturated carbocycles. The van der Waals surface area contributed by atoms with Gasteiger partial charge >= 0.3 is 0 Å². The SMILES string of the molecule is CNc1nc(C)c(C)nc1-c1ccncc1. The second kappa shape index (κ2) is 4.26. The Labute approximate surface area is 94.8 Å². The molecule has 2 heterocycles. The molecule has 2 aromatic heterocycles. The number of hydrogen-bond donors (Lipinski definition) is 1. The fourth-order valence-electron chi connectivity index (χ4n) is 1.49. The number of anilines is 1. The molecule has 4 heteroatoms. The van der Waals surface area contributed by atoms with Crippen molar-refractivity contribution in [3.8, 4) is 11.3 Å². The van der Waals surface area contributed by atoms with Gasteiger partial charge in [0.25, 0.3) is 0 Å². The highest BCUT2D eigenvalue weighted by Crippen LogP contribution is 2.24. The van der Waals surface area contributed by atoms with E-state index in [0.29, 0.717) is 0 Å². The highest BCUT2D eigenvalue weighted by atomic mass is 15.0. The Morgan fingerprint density at radius 2 is 1.62 bits per heavy atom. The van der Waals surface area contributed by atoms with Crippen LogP contribution in [0, 0.1) is 13.8 Å². The average Bonchev–Trinajstić information content (AvgIpc) is 2.33. The summed E-state index contributed by atoms with van der Waals surface area (Å²) < 4.78 is 0. The molecule has 2 aromatic rings. The van der Waals surface area contributed by atoms with Crippen LogP contribution in [0.15, 0.2) is 24.5 Å². The van der Waals surface area contributed by atoms with Crippen LogP contribution >= 0.6 is 0 Å². The fraction of sp³-hybridized carbons (Fsp3) is 0.250. The van der Waals surface area contributed by atoms with Crippen molar-refractivity contribution in [1.82, 2.24) is 15.0 Å². The molecule has 0 radical (unpaired) electrons. The Kier molecular flexibility index (Phi) is 2.81. The lowest BCUT2D eigenvalue weighted by molar-refractivity contribution is 1.05. The summed E-state index contributed by atoms with van der Waals surface area (Å²) in [4.78, 5) is 13.0. The molecule has 16 heavy (non-hydrogen) atoms. The van der Waals surface area contributed by atoms with E-state index in [-0.39, 0.29) is 0 Å². The van der Waals surface area contributed by atoms with E-state index in [9.17, 15) is 0 Å². The second-order valence-corrected chi connectivity index (χ2v) is 3.58. The van der Waals surface area contributed by atoms with E-state index in [0.717, 1.165) is 28.5 Å². The maximum absolute atomic E-state index is 4.56. The van der Waals surface area contributed by atoms with E-state index in [1.165, 1.54) is 0 Å². The molecule has 0 spiro atoms. The summed E-state index contributed by atoms with van der Waals surface area (Å²) >= 11 is 0. The Morgan fingerprint density at radius 3 is 2.25 bits per heavy atom. The van der Waals surface area contributed by atoms with E-state index in [4.69, 9.17) is 0 Å². The van der Waals surface area contributed by atoms with E-state index < -0.39 is 0 Å². The van der Waals surface area contributed by atoms with Crippen LogP contribution in [-0.2, 0) is 0 Å². The molecule has 0 aliphatic heterocycles. The lowest BCUT2D eigenvalue weighted by atomic mass is 10.2. The maximum Gasteiger partial charge on any atom is 0.152 e. The summed E-state index contributed by atoms with van der Waals surface area (Å²) in [6.45, 7) is 3.92. The molecule has 0 fully saturated rings. The van der Waals surface area contributed by atoms with Gasteiger partial charge in [0.05, 0.1) is 11.4 Å². The Morgan fingerprint density at radius 1 is 1.00 bits per heavy atom. The van der Waals surface area contributed by atoms with Crippen molar-refractivity contribution < 1.29 is 0 Å². The first kappa shape index (κ1) is 10.5. The van der Waals surface area contributed by atoms with Crippen LogP contribution in [0.3, 0.4) is 0 Å². The van der Waals surface area contributed by atoms with Gasteiger partial charge in [0, 0.05) is 25.0 Å². The fourth-order valence-corrected chi connectivity index (χ4v) is 1.49. The van der Waals surface area contributed by atoms with Gasteiger partial charge in [0.15, 0.2) is 5.82 Å². The topological polar surface area (TPSA) is 50.7 Å². The molecule has 0 bridgehead atoms. The first-order chi connectivity index (χ1) is 7.72. The Balaban J connectivity index is 2.60. The number of rotatable bonds is 2. The molecule has 1 N–H and O–H groups in total. The van der Waals surface area contributed by atoms with Gasteiger partial charge in [-0.15, -0.1) is 0 Å². The summed E-state index contributed by atoms with van der Waals surface area (Å²) in [6.07, 6.45) is 3.51. The third-order valence-electron chi connectivity index (χ3n) is 2.50. The van der Waals surface area contributed by atoms with Gasteiger partial charge in [-0.1, -0.05) is 0 Å². The third kappa shape index (κ3) is 1.86. The highest BCUT2D eigenvalue weighted by molar-refractivity contribution is 5.71. The van der Waals surface area contributed by atoms with Gasteiger partial charge < -0.3 is 5.32 Å². The molecule has 82 valence electrons. The second-order valence-electron chi connectivity index (χ2n) is 3.58. The zero-order valence-corrected chi connectivity index (χ0v) is 9.65. The van der Waals surface area contributed by atoms with Gasteiger partial charge in [0.2, 0.25) is 0 Å². The number of nitrogens with one attached hydrogen (secondary N) is 1. The molecular weight excluding hydrogens is 200 g/mol. The Hall–Kier alpha value is -1.97. The van der Waals surface area contributed by atoms with Gasteiger partial charge in [-0.2, -0.15) is 0 Å². The van der Waals surface area contributed by atoms with Crippen LogP contribution in [-0.4, -0.2) is 22.0 Å². The summed E-state index contributed by atoms with van der Waals surface area (Å²) in [5.41, 5.74) is 3.79. The predicted molar refractivity (Wildman–Crippen MR) is 64.3 cm³/mol. The number of hydrogen-bond acceptors (Lipinski definition) is 4. The van der Waals surface area contributed by atoms with E-state index in [1.807, 2.05) is 33.0 Å². The minimum absolute atomic E-state index is 0.800.